The average molecular weight is 358 g/mol. The number of fused-ring (bicyclic) bond motifs is 1. The molecule has 2 aromatic rings. The fraction of sp³-hybridized carbons (Fsp3) is 0.278. The molecule has 6 nitrogen and oxygen atoms in total. The molecular weight excluding hydrogens is 340 g/mol. The zero-order chi connectivity index (χ0) is 17.5. The summed E-state index contributed by atoms with van der Waals surface area (Å²) in [4.78, 5) is 12.8. The van der Waals surface area contributed by atoms with Crippen LogP contribution in [-0.4, -0.2) is 33.6 Å². The second kappa shape index (κ2) is 6.03. The maximum Gasteiger partial charge on any atom is 0.253 e. The molecule has 2 atom stereocenters. The molecule has 0 radical (unpaired) electrons. The van der Waals surface area contributed by atoms with Crippen molar-refractivity contribution < 1.29 is 18.3 Å². The zero-order valence-corrected chi connectivity index (χ0v) is 14.3. The van der Waals surface area contributed by atoms with Crippen LogP contribution in [0.3, 0.4) is 0 Å². The van der Waals surface area contributed by atoms with Crippen molar-refractivity contribution in [2.45, 2.75) is 23.6 Å². The Kier molecular flexibility index (Phi) is 3.96. The molecule has 1 N–H and O–H groups in total. The number of hydrogen-bond acceptors (Lipinski definition) is 4. The molecule has 0 aromatic heterocycles. The van der Waals surface area contributed by atoms with Crippen molar-refractivity contribution in [3.8, 4) is 0 Å². The van der Waals surface area contributed by atoms with E-state index in [0.29, 0.717) is 18.5 Å². The van der Waals surface area contributed by atoms with E-state index in [4.69, 9.17) is 4.74 Å². The molecule has 2 aromatic carbocycles. The number of rotatable bonds is 2. The van der Waals surface area contributed by atoms with Crippen LogP contribution in [-0.2, 0) is 26.0 Å². The van der Waals surface area contributed by atoms with Gasteiger partial charge in [0.1, 0.15) is 0 Å². The summed E-state index contributed by atoms with van der Waals surface area (Å²) < 4.78 is 33.0. The first-order valence-electron chi connectivity index (χ1n) is 8.10. The molecule has 1 spiro atoms. The van der Waals surface area contributed by atoms with E-state index in [2.05, 4.69) is 5.32 Å². The van der Waals surface area contributed by atoms with E-state index in [0.717, 1.165) is 5.56 Å². The highest BCUT2D eigenvalue weighted by atomic mass is 32.3. The van der Waals surface area contributed by atoms with Crippen LogP contribution in [0.4, 0.5) is 0 Å². The molecule has 2 heterocycles. The van der Waals surface area contributed by atoms with E-state index in [9.17, 15) is 13.6 Å². The number of benzene rings is 2. The van der Waals surface area contributed by atoms with Gasteiger partial charge in [0.15, 0.2) is 21.0 Å². The Bertz CT molecular complexity index is 857. The van der Waals surface area contributed by atoms with E-state index in [1.165, 1.54) is 4.31 Å². The van der Waals surface area contributed by atoms with Crippen molar-refractivity contribution in [2.75, 3.05) is 13.1 Å². The Morgan fingerprint density at radius 3 is 2.64 bits per heavy atom. The van der Waals surface area contributed by atoms with Crippen LogP contribution in [0.5, 0.6) is 0 Å². The van der Waals surface area contributed by atoms with Crippen LogP contribution < -0.4 is 5.32 Å². The van der Waals surface area contributed by atoms with Gasteiger partial charge in [0.05, 0.1) is 13.2 Å². The highest BCUT2D eigenvalue weighted by Crippen LogP contribution is 2.33. The molecule has 4 rings (SSSR count). The Morgan fingerprint density at radius 1 is 1.12 bits per heavy atom. The number of nitrogens with zero attached hydrogens (tertiary/aromatic N) is 1. The van der Waals surface area contributed by atoms with E-state index < -0.39 is 16.1 Å². The highest BCUT2D eigenvalue weighted by molar-refractivity contribution is 7.95. The number of amides is 1. The van der Waals surface area contributed by atoms with Crippen molar-refractivity contribution in [2.24, 2.45) is 0 Å². The molecule has 0 aliphatic carbocycles. The maximum absolute atomic E-state index is 12.8. The van der Waals surface area contributed by atoms with Crippen LogP contribution in [0, 0.1) is 0 Å². The van der Waals surface area contributed by atoms with Crippen molar-refractivity contribution >= 4 is 16.3 Å². The SMILES string of the molecule is O=C1NC2(CCN([S+](=O)([O-])c3ccccc3)C2)OCc2ccccc21. The largest absolute Gasteiger partial charge is 0.593 e. The molecule has 2 unspecified atom stereocenters. The lowest BCUT2D eigenvalue weighted by atomic mass is 10.1. The standard InChI is InChI=1S/C18H18N2O4S/c21-17-16-9-5-4-6-14(16)12-24-18(19-17)10-11-20(13-18)25(22,23)15-7-2-1-3-8-15/h1-9H,10-13H2,(H-,19,21,22,23). The number of nitrogens with one attached hydrogen (secondary N) is 1. The van der Waals surface area contributed by atoms with Gasteiger partial charge in [0, 0.05) is 18.5 Å². The van der Waals surface area contributed by atoms with Crippen LogP contribution in [0.25, 0.3) is 0 Å². The van der Waals surface area contributed by atoms with Gasteiger partial charge in [-0.3, -0.25) is 4.79 Å². The van der Waals surface area contributed by atoms with E-state index in [1.54, 1.807) is 42.5 Å². The summed E-state index contributed by atoms with van der Waals surface area (Å²) in [6, 6.07) is 15.6. The predicted molar refractivity (Wildman–Crippen MR) is 91.2 cm³/mol. The predicted octanol–water partition coefficient (Wildman–Crippen LogP) is 1.95. The van der Waals surface area contributed by atoms with Crippen LogP contribution in [0.2, 0.25) is 0 Å². The summed E-state index contributed by atoms with van der Waals surface area (Å²) >= 11 is 0. The molecule has 1 fully saturated rings. The van der Waals surface area contributed by atoms with Gasteiger partial charge in [-0.1, -0.05) is 40.6 Å². The van der Waals surface area contributed by atoms with Gasteiger partial charge in [-0.05, 0) is 23.8 Å². The first kappa shape index (κ1) is 16.4. The summed E-state index contributed by atoms with van der Waals surface area (Å²) in [5.41, 5.74) is 0.391. The molecule has 7 heteroatoms. The Hall–Kier alpha value is -2.06. The lowest BCUT2D eigenvalue weighted by Gasteiger charge is -2.29. The molecule has 0 saturated carbocycles. The topological polar surface area (TPSA) is 81.7 Å². The summed E-state index contributed by atoms with van der Waals surface area (Å²) in [5, 5.41) is 2.90. The van der Waals surface area contributed by atoms with E-state index in [1.807, 2.05) is 12.1 Å². The van der Waals surface area contributed by atoms with Gasteiger partial charge in [0.25, 0.3) is 5.91 Å². The minimum atomic E-state index is -3.61. The summed E-state index contributed by atoms with van der Waals surface area (Å²) in [6.07, 6.45) is 0.415. The van der Waals surface area contributed by atoms with Gasteiger partial charge < -0.3 is 14.6 Å². The van der Waals surface area contributed by atoms with Gasteiger partial charge in [-0.15, -0.1) is 4.31 Å². The van der Waals surface area contributed by atoms with Gasteiger partial charge in [-0.25, -0.2) is 0 Å². The van der Waals surface area contributed by atoms with Gasteiger partial charge in [0.2, 0.25) is 0 Å². The van der Waals surface area contributed by atoms with Crippen molar-refractivity contribution in [3.63, 3.8) is 0 Å². The van der Waals surface area contributed by atoms with Crippen LogP contribution in [0.15, 0.2) is 59.5 Å². The number of ether oxygens (including phenoxy) is 1. The third kappa shape index (κ3) is 2.89. The maximum atomic E-state index is 12.8. The Balaban J connectivity index is 1.58. The van der Waals surface area contributed by atoms with Crippen molar-refractivity contribution in [1.29, 1.82) is 0 Å². The summed E-state index contributed by atoms with van der Waals surface area (Å²) in [5.74, 6) is -0.230. The first-order chi connectivity index (χ1) is 12.0. The number of hydrogen-bond donors (Lipinski definition) is 1. The van der Waals surface area contributed by atoms with E-state index >= 15 is 0 Å². The first-order valence-corrected chi connectivity index (χ1v) is 9.54. The minimum absolute atomic E-state index is 0.101. The molecule has 130 valence electrons. The highest BCUT2D eigenvalue weighted by Gasteiger charge is 2.49. The Morgan fingerprint density at radius 2 is 1.84 bits per heavy atom. The molecule has 25 heavy (non-hydrogen) atoms. The summed E-state index contributed by atoms with van der Waals surface area (Å²) in [6.45, 7) is 0.673. The van der Waals surface area contributed by atoms with Crippen molar-refractivity contribution in [3.05, 3.63) is 65.7 Å². The molecule has 2 aliphatic rings. The fourth-order valence-corrected chi connectivity index (χ4v) is 4.82. The zero-order valence-electron chi connectivity index (χ0n) is 13.5. The summed E-state index contributed by atoms with van der Waals surface area (Å²) in [7, 11) is -3.61. The lowest BCUT2D eigenvalue weighted by molar-refractivity contribution is -0.0596. The third-order valence-corrected chi connectivity index (χ3v) is 6.54. The smallest absolute Gasteiger partial charge is 0.253 e. The monoisotopic (exact) mass is 358 g/mol. The number of carbonyl (C=O) groups is 1. The fourth-order valence-electron chi connectivity index (χ4n) is 3.31. The van der Waals surface area contributed by atoms with E-state index in [-0.39, 0.29) is 24.0 Å². The second-order valence-corrected chi connectivity index (χ2v) is 8.23. The molecule has 2 aliphatic heterocycles. The van der Waals surface area contributed by atoms with Crippen molar-refractivity contribution in [1.82, 2.24) is 9.62 Å². The van der Waals surface area contributed by atoms with Crippen LogP contribution in [0.1, 0.15) is 22.3 Å². The Labute approximate surface area is 147 Å². The average Bonchev–Trinajstić information content (AvgIpc) is 3.00. The third-order valence-electron chi connectivity index (χ3n) is 4.69. The number of sulfonamides is 1. The van der Waals surface area contributed by atoms with Gasteiger partial charge >= 0.3 is 0 Å². The van der Waals surface area contributed by atoms with Gasteiger partial charge in [-0.2, -0.15) is 0 Å². The quantitative estimate of drug-likeness (QED) is 0.832. The molecule has 1 amide bonds. The molecular formula is C18H18N2O4S. The second-order valence-electron chi connectivity index (χ2n) is 6.30. The number of carbonyl (C=O) groups excluding carboxylic acids is 1. The lowest BCUT2D eigenvalue weighted by Crippen LogP contribution is -2.52. The normalized spacial score (nSPS) is 25.9. The minimum Gasteiger partial charge on any atom is -0.593 e. The molecule has 1 saturated heterocycles. The molecule has 0 bridgehead atoms. The van der Waals surface area contributed by atoms with Crippen LogP contribution >= 0.6 is 0 Å².